The third kappa shape index (κ3) is 2.63. The third-order valence-corrected chi connectivity index (χ3v) is 3.92. The number of nitrogens with zero attached hydrogens (tertiary/aromatic N) is 1. The Bertz CT molecular complexity index is 657. The van der Waals surface area contributed by atoms with Crippen LogP contribution in [0.25, 0.3) is 11.1 Å². The molecule has 1 aromatic carbocycles. The highest BCUT2D eigenvalue weighted by Gasteiger charge is 2.27. The maximum Gasteiger partial charge on any atom is 0.133 e. The zero-order valence-electron chi connectivity index (χ0n) is 12.3. The van der Waals surface area contributed by atoms with Gasteiger partial charge in [0.1, 0.15) is 11.6 Å². The molecule has 0 saturated heterocycles. The topological polar surface area (TPSA) is 34.1 Å². The van der Waals surface area contributed by atoms with Crippen LogP contribution in [0.3, 0.4) is 0 Å². The first-order valence-electron chi connectivity index (χ1n) is 7.23. The number of likely N-dealkylation sites (N-methyl/N-ethyl adjacent to an activating group) is 1. The van der Waals surface area contributed by atoms with Gasteiger partial charge in [0.05, 0.1) is 6.61 Å². The molecule has 4 heteroatoms. The Hall–Kier alpha value is -1.94. The molecule has 0 radical (unpaired) electrons. The van der Waals surface area contributed by atoms with E-state index in [4.69, 9.17) is 4.74 Å². The summed E-state index contributed by atoms with van der Waals surface area (Å²) in [7, 11) is 1.89. The summed E-state index contributed by atoms with van der Waals surface area (Å²) in [6, 6.07) is 7.27. The Morgan fingerprint density at radius 1 is 1.38 bits per heavy atom. The SMILES string of the molecule is CNC[C@H]1CCOc2c(-c3ccnc(C)c3)ccc(F)c21. The second-order valence-electron chi connectivity index (χ2n) is 5.42. The highest BCUT2D eigenvalue weighted by atomic mass is 19.1. The predicted octanol–water partition coefficient (Wildman–Crippen LogP) is 3.28. The fourth-order valence-corrected chi connectivity index (χ4v) is 2.95. The van der Waals surface area contributed by atoms with Crippen LogP contribution < -0.4 is 10.1 Å². The average molecular weight is 286 g/mol. The van der Waals surface area contributed by atoms with Gasteiger partial charge in [-0.3, -0.25) is 4.98 Å². The predicted molar refractivity (Wildman–Crippen MR) is 81.1 cm³/mol. The molecule has 0 spiro atoms. The molecular weight excluding hydrogens is 267 g/mol. The lowest BCUT2D eigenvalue weighted by Gasteiger charge is -2.28. The van der Waals surface area contributed by atoms with Crippen LogP contribution in [0.15, 0.2) is 30.5 Å². The first-order valence-corrected chi connectivity index (χ1v) is 7.23. The van der Waals surface area contributed by atoms with Gasteiger partial charge < -0.3 is 10.1 Å². The molecule has 110 valence electrons. The molecular formula is C17H19FN2O. The van der Waals surface area contributed by atoms with E-state index < -0.39 is 0 Å². The summed E-state index contributed by atoms with van der Waals surface area (Å²) in [6.45, 7) is 3.33. The number of aromatic nitrogens is 1. The number of pyridine rings is 1. The van der Waals surface area contributed by atoms with Crippen LogP contribution in [0.2, 0.25) is 0 Å². The first-order chi connectivity index (χ1) is 10.2. The summed E-state index contributed by atoms with van der Waals surface area (Å²) in [6.07, 6.45) is 2.61. The second-order valence-corrected chi connectivity index (χ2v) is 5.42. The molecule has 1 N–H and O–H groups in total. The maximum atomic E-state index is 14.3. The van der Waals surface area contributed by atoms with Crippen LogP contribution in [0.5, 0.6) is 5.75 Å². The van der Waals surface area contributed by atoms with Crippen molar-refractivity contribution in [2.75, 3.05) is 20.2 Å². The third-order valence-electron chi connectivity index (χ3n) is 3.92. The van der Waals surface area contributed by atoms with Crippen molar-refractivity contribution in [3.63, 3.8) is 0 Å². The van der Waals surface area contributed by atoms with E-state index in [1.807, 2.05) is 26.1 Å². The highest BCUT2D eigenvalue weighted by molar-refractivity contribution is 5.73. The molecule has 0 fully saturated rings. The minimum Gasteiger partial charge on any atom is -0.493 e. The van der Waals surface area contributed by atoms with Crippen LogP contribution in [0.4, 0.5) is 4.39 Å². The fraction of sp³-hybridized carbons (Fsp3) is 0.353. The zero-order chi connectivity index (χ0) is 14.8. The number of rotatable bonds is 3. The van der Waals surface area contributed by atoms with Crippen LogP contribution in [0, 0.1) is 12.7 Å². The van der Waals surface area contributed by atoms with Crippen LogP contribution in [0.1, 0.15) is 23.6 Å². The average Bonchev–Trinajstić information content (AvgIpc) is 2.48. The highest BCUT2D eigenvalue weighted by Crippen LogP contribution is 2.42. The van der Waals surface area contributed by atoms with Gasteiger partial charge in [-0.05, 0) is 50.2 Å². The molecule has 3 nitrogen and oxygen atoms in total. The lowest BCUT2D eigenvalue weighted by molar-refractivity contribution is 0.262. The summed E-state index contributed by atoms with van der Waals surface area (Å²) in [5, 5.41) is 3.14. The fourth-order valence-electron chi connectivity index (χ4n) is 2.95. The number of fused-ring (bicyclic) bond motifs is 1. The molecule has 0 bridgehead atoms. The molecule has 1 aliphatic rings. The summed E-state index contributed by atoms with van der Waals surface area (Å²) >= 11 is 0. The normalized spacial score (nSPS) is 17.2. The van der Waals surface area contributed by atoms with Gasteiger partial charge in [0, 0.05) is 35.5 Å². The monoisotopic (exact) mass is 286 g/mol. The Morgan fingerprint density at radius 3 is 3.00 bits per heavy atom. The van der Waals surface area contributed by atoms with E-state index in [0.717, 1.165) is 29.8 Å². The van der Waals surface area contributed by atoms with Gasteiger partial charge in [0.25, 0.3) is 0 Å². The Kier molecular flexibility index (Phi) is 3.88. The molecule has 3 rings (SSSR count). The van der Waals surface area contributed by atoms with Gasteiger partial charge in [0.2, 0.25) is 0 Å². The first kappa shape index (κ1) is 14.0. The molecule has 1 aliphatic heterocycles. The minimum atomic E-state index is -0.181. The van der Waals surface area contributed by atoms with Crippen molar-refractivity contribution in [1.29, 1.82) is 0 Å². The molecule has 21 heavy (non-hydrogen) atoms. The quantitative estimate of drug-likeness (QED) is 0.940. The van der Waals surface area contributed by atoms with E-state index in [9.17, 15) is 4.39 Å². The molecule has 1 atom stereocenters. The van der Waals surface area contributed by atoms with Crippen molar-refractivity contribution in [2.24, 2.45) is 0 Å². The standard InChI is InChI=1S/C17H19FN2O/c1-11-9-12(5-7-20-11)14-3-4-15(18)16-13(10-19-2)6-8-21-17(14)16/h3-5,7,9,13,19H,6,8,10H2,1-2H3/t13-/m1/s1. The number of ether oxygens (including phenoxy) is 1. The van der Waals surface area contributed by atoms with E-state index in [2.05, 4.69) is 10.3 Å². The van der Waals surface area contributed by atoms with Crippen LogP contribution in [-0.2, 0) is 0 Å². The van der Waals surface area contributed by atoms with Gasteiger partial charge in [-0.2, -0.15) is 0 Å². The number of aryl methyl sites for hydroxylation is 1. The van der Waals surface area contributed by atoms with Crippen molar-refractivity contribution in [2.45, 2.75) is 19.3 Å². The van der Waals surface area contributed by atoms with Crippen molar-refractivity contribution in [3.05, 3.63) is 47.5 Å². The van der Waals surface area contributed by atoms with Crippen molar-refractivity contribution in [3.8, 4) is 16.9 Å². The van der Waals surface area contributed by atoms with Crippen LogP contribution in [-0.4, -0.2) is 25.2 Å². The number of hydrogen-bond acceptors (Lipinski definition) is 3. The smallest absolute Gasteiger partial charge is 0.133 e. The lowest BCUT2D eigenvalue weighted by atomic mass is 9.89. The Balaban J connectivity index is 2.14. The molecule has 2 heterocycles. The second kappa shape index (κ2) is 5.82. The van der Waals surface area contributed by atoms with Crippen molar-refractivity contribution >= 4 is 0 Å². The lowest BCUT2D eigenvalue weighted by Crippen LogP contribution is -2.24. The summed E-state index contributed by atoms with van der Waals surface area (Å²) in [4.78, 5) is 4.21. The van der Waals surface area contributed by atoms with Gasteiger partial charge in [-0.15, -0.1) is 0 Å². The van der Waals surface area contributed by atoms with E-state index in [1.54, 1.807) is 18.3 Å². The number of nitrogens with one attached hydrogen (secondary N) is 1. The summed E-state index contributed by atoms with van der Waals surface area (Å²) in [5.41, 5.74) is 3.59. The molecule has 0 aliphatic carbocycles. The van der Waals surface area contributed by atoms with E-state index in [1.165, 1.54) is 0 Å². The number of halogens is 1. The molecule has 0 unspecified atom stereocenters. The number of hydrogen-bond donors (Lipinski definition) is 1. The minimum absolute atomic E-state index is 0.154. The largest absolute Gasteiger partial charge is 0.493 e. The van der Waals surface area contributed by atoms with E-state index >= 15 is 0 Å². The Morgan fingerprint density at radius 2 is 2.24 bits per heavy atom. The van der Waals surface area contributed by atoms with Crippen LogP contribution >= 0.6 is 0 Å². The molecule has 2 aromatic rings. The molecule has 0 saturated carbocycles. The van der Waals surface area contributed by atoms with E-state index in [0.29, 0.717) is 17.9 Å². The van der Waals surface area contributed by atoms with Gasteiger partial charge in [0.15, 0.2) is 0 Å². The number of benzene rings is 1. The summed E-state index contributed by atoms with van der Waals surface area (Å²) < 4.78 is 20.1. The molecule has 1 aromatic heterocycles. The van der Waals surface area contributed by atoms with E-state index in [-0.39, 0.29) is 11.7 Å². The Labute approximate surface area is 124 Å². The van der Waals surface area contributed by atoms with Gasteiger partial charge in [-0.25, -0.2) is 4.39 Å². The zero-order valence-corrected chi connectivity index (χ0v) is 12.3. The summed E-state index contributed by atoms with van der Waals surface area (Å²) in [5.74, 6) is 0.660. The van der Waals surface area contributed by atoms with Gasteiger partial charge in [-0.1, -0.05) is 0 Å². The molecule has 0 amide bonds. The van der Waals surface area contributed by atoms with Crippen molar-refractivity contribution < 1.29 is 9.13 Å². The maximum absolute atomic E-state index is 14.3. The van der Waals surface area contributed by atoms with Gasteiger partial charge >= 0.3 is 0 Å². The van der Waals surface area contributed by atoms with Crippen molar-refractivity contribution in [1.82, 2.24) is 10.3 Å².